The molecule has 41 valence electrons. The molecule has 1 saturated carbocycles. The van der Waals surface area contributed by atoms with E-state index in [4.69, 9.17) is 5.11 Å². The van der Waals surface area contributed by atoms with E-state index in [1.807, 2.05) is 0 Å². The van der Waals surface area contributed by atoms with Gasteiger partial charge in [-0.15, -0.1) is 0 Å². The quantitative estimate of drug-likeness (QED) is 0.482. The summed E-state index contributed by atoms with van der Waals surface area (Å²) in [6, 6.07) is 0. The molecule has 7 heavy (non-hydrogen) atoms. The lowest BCUT2D eigenvalue weighted by atomic mass is 9.98. The second-order valence-electron chi connectivity index (χ2n) is 2.11. The van der Waals surface area contributed by atoms with Gasteiger partial charge in [0.15, 0.2) is 0 Å². The van der Waals surface area contributed by atoms with Gasteiger partial charge < -0.3 is 5.11 Å². The van der Waals surface area contributed by atoms with Gasteiger partial charge in [0.1, 0.15) is 0 Å². The number of aliphatic hydroxyl groups excluding tert-OH is 1. The number of aliphatic hydroxyl groups is 1. The van der Waals surface area contributed by atoms with Crippen molar-refractivity contribution >= 4 is 0 Å². The summed E-state index contributed by atoms with van der Waals surface area (Å²) < 4.78 is 0. The fourth-order valence-electron chi connectivity index (χ4n) is 0.926. The van der Waals surface area contributed by atoms with E-state index in [0.29, 0.717) is 0 Å². The number of hydrogen-bond acceptors (Lipinski definition) is 1. The Balaban J connectivity index is 2.12. The number of rotatable bonds is 0. The average molecular weight is 99.2 g/mol. The SMILES string of the molecule is O[C@H]1C[CH]CCC1. The molecule has 0 unspecified atom stereocenters. The summed E-state index contributed by atoms with van der Waals surface area (Å²) in [5, 5.41) is 8.88. The summed E-state index contributed by atoms with van der Waals surface area (Å²) in [5.41, 5.74) is 0. The minimum Gasteiger partial charge on any atom is -0.393 e. The molecule has 1 aliphatic carbocycles. The first-order valence-corrected chi connectivity index (χ1v) is 2.89. The highest BCUT2D eigenvalue weighted by atomic mass is 16.3. The van der Waals surface area contributed by atoms with Crippen LogP contribution in [0.25, 0.3) is 0 Å². The fraction of sp³-hybridized carbons (Fsp3) is 0.833. The molecule has 0 spiro atoms. The van der Waals surface area contributed by atoms with Crippen LogP contribution in [0.2, 0.25) is 0 Å². The third-order valence-corrected chi connectivity index (χ3v) is 1.38. The van der Waals surface area contributed by atoms with Gasteiger partial charge in [-0.3, -0.25) is 0 Å². The molecule has 1 atom stereocenters. The molecule has 1 aliphatic rings. The summed E-state index contributed by atoms with van der Waals surface area (Å²) in [7, 11) is 0. The normalized spacial score (nSPS) is 25.3. The van der Waals surface area contributed by atoms with Crippen molar-refractivity contribution < 1.29 is 5.11 Å². The molecule has 1 radical (unpaired) electrons. The fourth-order valence-corrected chi connectivity index (χ4v) is 0.926. The van der Waals surface area contributed by atoms with Crippen molar-refractivity contribution in [2.24, 2.45) is 0 Å². The zero-order valence-electron chi connectivity index (χ0n) is 4.43. The second-order valence-corrected chi connectivity index (χ2v) is 2.11. The van der Waals surface area contributed by atoms with Crippen molar-refractivity contribution in [3.8, 4) is 0 Å². The molecule has 0 aromatic carbocycles. The predicted octanol–water partition coefficient (Wildman–Crippen LogP) is 1.13. The van der Waals surface area contributed by atoms with Gasteiger partial charge in [-0.05, 0) is 25.7 Å². The molecule has 1 N–H and O–H groups in total. The van der Waals surface area contributed by atoms with Gasteiger partial charge in [-0.2, -0.15) is 0 Å². The Morgan fingerprint density at radius 3 is 2.71 bits per heavy atom. The monoisotopic (exact) mass is 99.1 g/mol. The van der Waals surface area contributed by atoms with Gasteiger partial charge >= 0.3 is 0 Å². The van der Waals surface area contributed by atoms with Gasteiger partial charge in [-0.1, -0.05) is 6.42 Å². The van der Waals surface area contributed by atoms with Crippen LogP contribution in [-0.4, -0.2) is 11.2 Å². The summed E-state index contributed by atoms with van der Waals surface area (Å²) >= 11 is 0. The van der Waals surface area contributed by atoms with Crippen LogP contribution in [0, 0.1) is 6.42 Å². The van der Waals surface area contributed by atoms with E-state index in [-0.39, 0.29) is 6.10 Å². The molecule has 0 aromatic heterocycles. The van der Waals surface area contributed by atoms with Crippen LogP contribution in [0.5, 0.6) is 0 Å². The Labute approximate surface area is 44.4 Å². The lowest BCUT2D eigenvalue weighted by molar-refractivity contribution is 0.148. The van der Waals surface area contributed by atoms with Crippen LogP contribution in [-0.2, 0) is 0 Å². The summed E-state index contributed by atoms with van der Waals surface area (Å²) in [4.78, 5) is 0. The Morgan fingerprint density at radius 2 is 2.43 bits per heavy atom. The standard InChI is InChI=1S/C6H11O/c7-6-4-2-1-3-5-6/h2,6-7H,1,3-5H2/t6-/m0/s1. The molecule has 0 heterocycles. The molecule has 0 aromatic rings. The van der Waals surface area contributed by atoms with E-state index >= 15 is 0 Å². The van der Waals surface area contributed by atoms with Crippen LogP contribution in [0.1, 0.15) is 25.7 Å². The van der Waals surface area contributed by atoms with Crippen molar-refractivity contribution in [3.63, 3.8) is 0 Å². The Morgan fingerprint density at radius 1 is 1.57 bits per heavy atom. The van der Waals surface area contributed by atoms with Gasteiger partial charge in [0, 0.05) is 0 Å². The lowest BCUT2D eigenvalue weighted by Crippen LogP contribution is -2.10. The van der Waals surface area contributed by atoms with Crippen molar-refractivity contribution in [2.75, 3.05) is 0 Å². The molecule has 0 amide bonds. The van der Waals surface area contributed by atoms with Crippen molar-refractivity contribution in [1.82, 2.24) is 0 Å². The molecule has 1 rings (SSSR count). The van der Waals surface area contributed by atoms with Crippen LogP contribution >= 0.6 is 0 Å². The Kier molecular flexibility index (Phi) is 1.69. The van der Waals surface area contributed by atoms with Crippen molar-refractivity contribution in [3.05, 3.63) is 6.42 Å². The molecule has 1 nitrogen and oxygen atoms in total. The van der Waals surface area contributed by atoms with Gasteiger partial charge in [0.25, 0.3) is 0 Å². The van der Waals surface area contributed by atoms with Crippen LogP contribution < -0.4 is 0 Å². The first-order chi connectivity index (χ1) is 3.39. The predicted molar refractivity (Wildman–Crippen MR) is 28.8 cm³/mol. The third-order valence-electron chi connectivity index (χ3n) is 1.38. The minimum atomic E-state index is -0.0197. The highest BCUT2D eigenvalue weighted by Gasteiger charge is 2.07. The highest BCUT2D eigenvalue weighted by Crippen LogP contribution is 2.15. The van der Waals surface area contributed by atoms with Crippen LogP contribution in [0.3, 0.4) is 0 Å². The zero-order valence-corrected chi connectivity index (χ0v) is 4.43. The number of hydrogen-bond donors (Lipinski definition) is 1. The van der Waals surface area contributed by atoms with Crippen LogP contribution in [0.4, 0.5) is 0 Å². The van der Waals surface area contributed by atoms with E-state index < -0.39 is 0 Å². The van der Waals surface area contributed by atoms with Gasteiger partial charge in [0.2, 0.25) is 0 Å². The minimum absolute atomic E-state index is 0.0197. The summed E-state index contributed by atoms with van der Waals surface area (Å²) in [6.45, 7) is 0. The molecule has 1 fully saturated rings. The highest BCUT2D eigenvalue weighted by molar-refractivity contribution is 4.76. The molecule has 1 heteroatoms. The average Bonchev–Trinajstić information content (AvgIpc) is 1.69. The maximum Gasteiger partial charge on any atom is 0.0543 e. The molecule has 0 bridgehead atoms. The smallest absolute Gasteiger partial charge is 0.0543 e. The molecular weight excluding hydrogens is 88.1 g/mol. The van der Waals surface area contributed by atoms with E-state index in [1.54, 1.807) is 0 Å². The third kappa shape index (κ3) is 1.48. The maximum atomic E-state index is 8.88. The van der Waals surface area contributed by atoms with Gasteiger partial charge in [0.05, 0.1) is 6.10 Å². The zero-order chi connectivity index (χ0) is 5.11. The Bertz CT molecular complexity index is 46.1. The van der Waals surface area contributed by atoms with E-state index in [0.717, 1.165) is 12.8 Å². The molecule has 0 aliphatic heterocycles. The van der Waals surface area contributed by atoms with Crippen molar-refractivity contribution in [2.45, 2.75) is 31.8 Å². The van der Waals surface area contributed by atoms with E-state index in [9.17, 15) is 0 Å². The first kappa shape index (κ1) is 5.10. The Hall–Kier alpha value is -0.0400. The molecule has 0 saturated heterocycles. The second kappa shape index (κ2) is 2.31. The lowest BCUT2D eigenvalue weighted by Gasteiger charge is -2.14. The largest absolute Gasteiger partial charge is 0.393 e. The van der Waals surface area contributed by atoms with Crippen LogP contribution in [0.15, 0.2) is 0 Å². The van der Waals surface area contributed by atoms with E-state index in [1.165, 1.54) is 12.8 Å². The first-order valence-electron chi connectivity index (χ1n) is 2.89. The topological polar surface area (TPSA) is 20.2 Å². The van der Waals surface area contributed by atoms with Crippen molar-refractivity contribution in [1.29, 1.82) is 0 Å². The summed E-state index contributed by atoms with van der Waals surface area (Å²) in [6.07, 6.45) is 6.46. The maximum absolute atomic E-state index is 8.88. The molecular formula is C6H11O. The van der Waals surface area contributed by atoms with E-state index in [2.05, 4.69) is 6.42 Å². The van der Waals surface area contributed by atoms with Gasteiger partial charge in [-0.25, -0.2) is 0 Å². The summed E-state index contributed by atoms with van der Waals surface area (Å²) in [5.74, 6) is 0.